The number of halogens is 2. The molecule has 5 nitrogen and oxygen atoms in total. The molecule has 1 atom stereocenters. The molecule has 146 valence electrons. The van der Waals surface area contributed by atoms with E-state index < -0.39 is 17.6 Å². The van der Waals surface area contributed by atoms with E-state index in [2.05, 4.69) is 11.4 Å². The van der Waals surface area contributed by atoms with Crippen molar-refractivity contribution in [3.05, 3.63) is 86.9 Å². The van der Waals surface area contributed by atoms with Gasteiger partial charge in [0, 0.05) is 15.7 Å². The molecule has 0 radical (unpaired) electrons. The lowest BCUT2D eigenvalue weighted by Crippen LogP contribution is -2.13. The van der Waals surface area contributed by atoms with Crippen LogP contribution in [-0.2, 0) is 0 Å². The number of hydrogen-bond donors (Lipinski definition) is 3. The first-order valence-electron chi connectivity index (χ1n) is 8.59. The van der Waals surface area contributed by atoms with Crippen molar-refractivity contribution in [1.29, 1.82) is 5.26 Å². The van der Waals surface area contributed by atoms with Gasteiger partial charge < -0.3 is 15.5 Å². The number of aromatic hydroxyl groups is 2. The summed E-state index contributed by atoms with van der Waals surface area (Å²) in [5.74, 6) is -2.08. The second-order valence-corrected chi connectivity index (χ2v) is 7.27. The maximum absolute atomic E-state index is 12.5. The predicted octanol–water partition coefficient (Wildman–Crippen LogP) is 5.62. The molecule has 0 fully saturated rings. The molecule has 0 heterocycles. The number of nitriles is 1. The van der Waals surface area contributed by atoms with Crippen LogP contribution in [0.25, 0.3) is 0 Å². The third-order valence-corrected chi connectivity index (χ3v) is 5.07. The maximum Gasteiger partial charge on any atom is 0.259 e. The molecule has 7 heteroatoms. The van der Waals surface area contributed by atoms with Crippen LogP contribution in [0.4, 0.5) is 5.69 Å². The van der Waals surface area contributed by atoms with Gasteiger partial charge in [-0.2, -0.15) is 5.26 Å². The van der Waals surface area contributed by atoms with E-state index in [1.807, 2.05) is 0 Å². The van der Waals surface area contributed by atoms with Crippen molar-refractivity contribution in [2.45, 2.75) is 12.8 Å². The second kappa shape index (κ2) is 8.44. The molecule has 3 aromatic carbocycles. The number of benzene rings is 3. The van der Waals surface area contributed by atoms with Crippen molar-refractivity contribution in [2.24, 2.45) is 0 Å². The zero-order valence-electron chi connectivity index (χ0n) is 15.3. The minimum Gasteiger partial charge on any atom is -0.504 e. The average Bonchev–Trinajstić information content (AvgIpc) is 2.69. The highest BCUT2D eigenvalue weighted by atomic mass is 35.5. The van der Waals surface area contributed by atoms with Gasteiger partial charge in [0.25, 0.3) is 5.91 Å². The van der Waals surface area contributed by atoms with Gasteiger partial charge in [0.05, 0.1) is 17.6 Å². The van der Waals surface area contributed by atoms with E-state index in [0.29, 0.717) is 26.9 Å². The number of para-hydroxylation sites is 1. The van der Waals surface area contributed by atoms with Crippen molar-refractivity contribution in [3.63, 3.8) is 0 Å². The molecular formula is C22H16Cl2N2O3. The van der Waals surface area contributed by atoms with Crippen LogP contribution in [0.2, 0.25) is 10.0 Å². The summed E-state index contributed by atoms with van der Waals surface area (Å²) in [6.45, 7) is 1.77. The summed E-state index contributed by atoms with van der Waals surface area (Å²) in [6, 6.07) is 16.6. The zero-order valence-corrected chi connectivity index (χ0v) is 16.8. The van der Waals surface area contributed by atoms with E-state index in [1.54, 1.807) is 43.3 Å². The number of aryl methyl sites for hydroxylation is 1. The summed E-state index contributed by atoms with van der Waals surface area (Å²) in [4.78, 5) is 12.5. The van der Waals surface area contributed by atoms with Crippen LogP contribution in [0.1, 0.15) is 33.0 Å². The minimum atomic E-state index is -0.599. The Bertz CT molecular complexity index is 1120. The third kappa shape index (κ3) is 4.29. The Morgan fingerprint density at radius 1 is 1.10 bits per heavy atom. The Labute approximate surface area is 177 Å². The van der Waals surface area contributed by atoms with Gasteiger partial charge >= 0.3 is 0 Å². The molecular weight excluding hydrogens is 411 g/mol. The van der Waals surface area contributed by atoms with Crippen molar-refractivity contribution >= 4 is 34.8 Å². The van der Waals surface area contributed by atoms with E-state index in [1.165, 1.54) is 18.2 Å². The first-order valence-corrected chi connectivity index (χ1v) is 9.34. The first-order chi connectivity index (χ1) is 13.8. The van der Waals surface area contributed by atoms with E-state index in [4.69, 9.17) is 23.2 Å². The Balaban J connectivity index is 1.93. The molecule has 1 amide bonds. The van der Waals surface area contributed by atoms with Gasteiger partial charge in [0.2, 0.25) is 0 Å². The smallest absolute Gasteiger partial charge is 0.259 e. The van der Waals surface area contributed by atoms with Crippen LogP contribution in [0.5, 0.6) is 11.5 Å². The van der Waals surface area contributed by atoms with Crippen LogP contribution < -0.4 is 5.32 Å². The van der Waals surface area contributed by atoms with Gasteiger partial charge in [-0.15, -0.1) is 0 Å². The molecule has 1 unspecified atom stereocenters. The number of amides is 1. The molecule has 0 aliphatic heterocycles. The number of rotatable bonds is 4. The number of hydrogen-bond acceptors (Lipinski definition) is 4. The lowest BCUT2D eigenvalue weighted by Gasteiger charge is -2.16. The molecule has 3 N–H and O–H groups in total. The molecule has 0 aromatic heterocycles. The second-order valence-electron chi connectivity index (χ2n) is 6.43. The molecule has 0 saturated carbocycles. The number of anilines is 1. The van der Waals surface area contributed by atoms with E-state index in [9.17, 15) is 20.3 Å². The number of nitrogens with zero attached hydrogens (tertiary/aromatic N) is 1. The standard InChI is InChI=1S/C22H16Cl2N2O3/c1-12-9-16(17(11-25)13-5-7-14(23)8-6-13)18(24)10-19(12)26-22(29)15-3-2-4-20(27)21(15)28/h2-10,17,27-28H,1H3,(H,26,29). The Kier molecular flexibility index (Phi) is 5.97. The zero-order chi connectivity index (χ0) is 21.1. The summed E-state index contributed by atoms with van der Waals surface area (Å²) in [6.07, 6.45) is 0. The third-order valence-electron chi connectivity index (χ3n) is 4.49. The topological polar surface area (TPSA) is 93.4 Å². The van der Waals surface area contributed by atoms with Gasteiger partial charge in [0.1, 0.15) is 0 Å². The molecule has 0 spiro atoms. The van der Waals surface area contributed by atoms with Gasteiger partial charge in [-0.05, 0) is 53.9 Å². The van der Waals surface area contributed by atoms with Crippen molar-refractivity contribution in [1.82, 2.24) is 0 Å². The molecule has 3 rings (SSSR count). The molecule has 3 aromatic rings. The summed E-state index contributed by atoms with van der Waals surface area (Å²) < 4.78 is 0. The highest BCUT2D eigenvalue weighted by Gasteiger charge is 2.20. The highest BCUT2D eigenvalue weighted by Crippen LogP contribution is 2.35. The van der Waals surface area contributed by atoms with Gasteiger partial charge in [0.15, 0.2) is 11.5 Å². The SMILES string of the molecule is Cc1cc(C(C#N)c2ccc(Cl)cc2)c(Cl)cc1NC(=O)c1cccc(O)c1O. The number of nitrogens with one attached hydrogen (secondary N) is 1. The van der Waals surface area contributed by atoms with Crippen LogP contribution in [-0.4, -0.2) is 16.1 Å². The van der Waals surface area contributed by atoms with Crippen LogP contribution >= 0.6 is 23.2 Å². The summed E-state index contributed by atoms with van der Waals surface area (Å²) in [5, 5.41) is 32.7. The van der Waals surface area contributed by atoms with Crippen LogP contribution in [0.3, 0.4) is 0 Å². The summed E-state index contributed by atoms with van der Waals surface area (Å²) in [5.41, 5.74) is 2.40. The minimum absolute atomic E-state index is 0.0688. The van der Waals surface area contributed by atoms with Crippen molar-refractivity contribution in [2.75, 3.05) is 5.32 Å². The molecule has 0 saturated heterocycles. The Morgan fingerprint density at radius 3 is 2.45 bits per heavy atom. The fourth-order valence-electron chi connectivity index (χ4n) is 2.94. The Hall–Kier alpha value is -3.20. The molecule has 0 bridgehead atoms. The molecule has 29 heavy (non-hydrogen) atoms. The van der Waals surface area contributed by atoms with Crippen molar-refractivity contribution < 1.29 is 15.0 Å². The number of phenolic OH excluding ortho intramolecular Hbond substituents is 2. The monoisotopic (exact) mass is 426 g/mol. The number of phenols is 2. The number of carbonyl (C=O) groups is 1. The lowest BCUT2D eigenvalue weighted by atomic mass is 9.91. The fraction of sp³-hybridized carbons (Fsp3) is 0.0909. The fourth-order valence-corrected chi connectivity index (χ4v) is 3.34. The lowest BCUT2D eigenvalue weighted by molar-refractivity contribution is 0.102. The molecule has 0 aliphatic rings. The van der Waals surface area contributed by atoms with Gasteiger partial charge in [-0.25, -0.2) is 0 Å². The average molecular weight is 427 g/mol. The number of carbonyl (C=O) groups excluding carboxylic acids is 1. The van der Waals surface area contributed by atoms with Crippen molar-refractivity contribution in [3.8, 4) is 17.6 Å². The van der Waals surface area contributed by atoms with Crippen LogP contribution in [0.15, 0.2) is 54.6 Å². The normalized spacial score (nSPS) is 11.5. The maximum atomic E-state index is 12.5. The predicted molar refractivity (Wildman–Crippen MR) is 113 cm³/mol. The van der Waals surface area contributed by atoms with Gasteiger partial charge in [-0.3, -0.25) is 4.79 Å². The largest absolute Gasteiger partial charge is 0.504 e. The Morgan fingerprint density at radius 2 is 1.79 bits per heavy atom. The van der Waals surface area contributed by atoms with E-state index in [0.717, 1.165) is 5.56 Å². The highest BCUT2D eigenvalue weighted by molar-refractivity contribution is 6.32. The van der Waals surface area contributed by atoms with E-state index >= 15 is 0 Å². The van der Waals surface area contributed by atoms with Gasteiger partial charge in [-0.1, -0.05) is 47.5 Å². The summed E-state index contributed by atoms with van der Waals surface area (Å²) >= 11 is 12.3. The summed E-state index contributed by atoms with van der Waals surface area (Å²) in [7, 11) is 0. The first kappa shape index (κ1) is 20.5. The molecule has 0 aliphatic carbocycles. The van der Waals surface area contributed by atoms with Crippen LogP contribution in [0, 0.1) is 18.3 Å². The van der Waals surface area contributed by atoms with E-state index in [-0.39, 0.29) is 11.3 Å². The quantitative estimate of drug-likeness (QED) is 0.471.